The van der Waals surface area contributed by atoms with Crippen molar-refractivity contribution in [2.45, 2.75) is 0 Å². The van der Waals surface area contributed by atoms with Crippen molar-refractivity contribution in [2.75, 3.05) is 17.7 Å². The predicted octanol–water partition coefficient (Wildman–Crippen LogP) is 6.35. The summed E-state index contributed by atoms with van der Waals surface area (Å²) in [6, 6.07) is 14.0. The summed E-state index contributed by atoms with van der Waals surface area (Å²) in [6.07, 6.45) is 0. The number of anilines is 2. The maximum atomic E-state index is 13.5. The fourth-order valence-electron chi connectivity index (χ4n) is 3.08. The van der Waals surface area contributed by atoms with Crippen LogP contribution in [0.15, 0.2) is 60.7 Å². The molecule has 2 amide bonds. The molecule has 1 heterocycles. The second-order valence-electron chi connectivity index (χ2n) is 6.72. The first-order chi connectivity index (χ1) is 15.4. The van der Waals surface area contributed by atoms with Gasteiger partial charge in [-0.1, -0.05) is 17.7 Å². The normalized spacial score (nSPS) is 10.8. The molecule has 5 nitrogen and oxygen atoms in total. The van der Waals surface area contributed by atoms with Gasteiger partial charge < -0.3 is 15.4 Å². The van der Waals surface area contributed by atoms with Crippen LogP contribution in [-0.4, -0.2) is 18.9 Å². The van der Waals surface area contributed by atoms with Gasteiger partial charge >= 0.3 is 0 Å². The highest BCUT2D eigenvalue weighted by atomic mass is 35.5. The Balaban J connectivity index is 1.59. The van der Waals surface area contributed by atoms with Gasteiger partial charge in [-0.2, -0.15) is 0 Å². The Hall–Kier alpha value is -3.49. The number of thiophene rings is 1. The summed E-state index contributed by atoms with van der Waals surface area (Å²) in [6.45, 7) is 0. The highest BCUT2D eigenvalue weighted by molar-refractivity contribution is 7.21. The van der Waals surface area contributed by atoms with Gasteiger partial charge in [0.05, 0.1) is 17.8 Å². The second-order valence-corrected chi connectivity index (χ2v) is 8.15. The number of rotatable bonds is 5. The number of hydrogen-bond donors (Lipinski definition) is 2. The third-order valence-corrected chi connectivity index (χ3v) is 6.25. The fourth-order valence-corrected chi connectivity index (χ4v) is 4.52. The highest BCUT2D eigenvalue weighted by Gasteiger charge is 2.19. The maximum Gasteiger partial charge on any atom is 0.267 e. The van der Waals surface area contributed by atoms with Gasteiger partial charge in [-0.05, 0) is 54.6 Å². The van der Waals surface area contributed by atoms with Crippen molar-refractivity contribution in [1.29, 1.82) is 0 Å². The molecule has 0 radical (unpaired) electrons. The maximum absolute atomic E-state index is 13.5. The van der Waals surface area contributed by atoms with Crippen molar-refractivity contribution in [1.82, 2.24) is 0 Å². The van der Waals surface area contributed by atoms with Gasteiger partial charge in [0.1, 0.15) is 22.3 Å². The summed E-state index contributed by atoms with van der Waals surface area (Å²) in [5.41, 5.74) is 0.778. The van der Waals surface area contributed by atoms with E-state index < -0.39 is 23.4 Å². The minimum Gasteiger partial charge on any atom is -0.495 e. The number of carbonyl (C=O) groups is 2. The van der Waals surface area contributed by atoms with Crippen LogP contribution in [0.5, 0.6) is 5.75 Å². The average Bonchev–Trinajstić information content (AvgIpc) is 3.09. The number of halogens is 3. The molecule has 4 aromatic rings. The molecule has 0 saturated carbocycles. The number of benzene rings is 3. The monoisotopic (exact) mass is 472 g/mol. The lowest BCUT2D eigenvalue weighted by Gasteiger charge is -2.13. The van der Waals surface area contributed by atoms with Crippen molar-refractivity contribution in [3.8, 4) is 5.75 Å². The Morgan fingerprint density at radius 2 is 1.72 bits per heavy atom. The number of carbonyl (C=O) groups excluding carboxylic acids is 2. The third-order valence-electron chi connectivity index (χ3n) is 4.59. The van der Waals surface area contributed by atoms with Crippen LogP contribution in [0.4, 0.5) is 20.2 Å². The Labute approximate surface area is 190 Å². The Morgan fingerprint density at radius 3 is 2.47 bits per heavy atom. The van der Waals surface area contributed by atoms with E-state index >= 15 is 0 Å². The van der Waals surface area contributed by atoms with Crippen molar-refractivity contribution in [2.24, 2.45) is 0 Å². The lowest BCUT2D eigenvalue weighted by Crippen LogP contribution is -2.14. The fraction of sp³-hybridized carbons (Fsp3) is 0.0435. The highest BCUT2D eigenvalue weighted by Crippen LogP contribution is 2.36. The summed E-state index contributed by atoms with van der Waals surface area (Å²) < 4.78 is 32.7. The van der Waals surface area contributed by atoms with Gasteiger partial charge in [-0.15, -0.1) is 11.3 Å². The lowest BCUT2D eigenvalue weighted by molar-refractivity contribution is 0.102. The summed E-state index contributed by atoms with van der Waals surface area (Å²) in [4.78, 5) is 25.5. The first kappa shape index (κ1) is 21.7. The zero-order chi connectivity index (χ0) is 22.8. The van der Waals surface area contributed by atoms with Crippen LogP contribution < -0.4 is 15.4 Å². The van der Waals surface area contributed by atoms with E-state index in [4.69, 9.17) is 16.3 Å². The third kappa shape index (κ3) is 4.42. The number of methoxy groups -OCH3 is 1. The van der Waals surface area contributed by atoms with E-state index in [2.05, 4.69) is 10.6 Å². The molecule has 0 aliphatic heterocycles. The number of ether oxygens (including phenoxy) is 1. The lowest BCUT2D eigenvalue weighted by atomic mass is 10.2. The number of hydrogen-bond acceptors (Lipinski definition) is 4. The van der Waals surface area contributed by atoms with Crippen LogP contribution in [-0.2, 0) is 0 Å². The predicted molar refractivity (Wildman–Crippen MR) is 122 cm³/mol. The zero-order valence-electron chi connectivity index (χ0n) is 16.5. The van der Waals surface area contributed by atoms with Crippen LogP contribution in [0.3, 0.4) is 0 Å². The van der Waals surface area contributed by atoms with Crippen molar-refractivity contribution < 1.29 is 23.1 Å². The molecule has 0 saturated heterocycles. The average molecular weight is 473 g/mol. The van der Waals surface area contributed by atoms with Gasteiger partial charge in [-0.25, -0.2) is 8.78 Å². The molecule has 0 aliphatic carbocycles. The minimum atomic E-state index is -0.541. The van der Waals surface area contributed by atoms with Gasteiger partial charge in [-0.3, -0.25) is 9.59 Å². The molecule has 9 heteroatoms. The Bertz CT molecular complexity index is 1360. The van der Waals surface area contributed by atoms with Crippen molar-refractivity contribution in [3.63, 3.8) is 0 Å². The van der Waals surface area contributed by atoms with Gasteiger partial charge in [0.2, 0.25) is 0 Å². The van der Waals surface area contributed by atoms with Crippen LogP contribution >= 0.6 is 22.9 Å². The Morgan fingerprint density at radius 1 is 0.938 bits per heavy atom. The molecule has 0 spiro atoms. The molecular formula is C23H15ClF2N2O3S. The van der Waals surface area contributed by atoms with Gasteiger partial charge in [0.25, 0.3) is 11.8 Å². The Kier molecular flexibility index (Phi) is 6.07. The second kappa shape index (κ2) is 8.94. The first-order valence-electron chi connectivity index (χ1n) is 9.29. The minimum absolute atomic E-state index is 0.130. The van der Waals surface area contributed by atoms with Crippen molar-refractivity contribution >= 4 is 56.2 Å². The number of fused-ring (bicyclic) bond motifs is 1. The number of amides is 2. The van der Waals surface area contributed by atoms with E-state index in [9.17, 15) is 18.4 Å². The molecule has 4 rings (SSSR count). The summed E-state index contributed by atoms with van der Waals surface area (Å²) in [5.74, 6) is -1.63. The summed E-state index contributed by atoms with van der Waals surface area (Å²) in [7, 11) is 1.43. The van der Waals surface area contributed by atoms with E-state index in [0.717, 1.165) is 17.4 Å². The SMILES string of the molecule is COc1ccc(NC(=O)c2sc3cc(F)ccc3c2Cl)cc1NC(=O)c1cccc(F)c1. The molecule has 0 unspecified atom stereocenters. The van der Waals surface area contributed by atoms with E-state index in [0.29, 0.717) is 21.5 Å². The molecular weight excluding hydrogens is 458 g/mol. The molecule has 32 heavy (non-hydrogen) atoms. The first-order valence-corrected chi connectivity index (χ1v) is 10.5. The summed E-state index contributed by atoms with van der Waals surface area (Å²) in [5, 5.41) is 6.18. The van der Waals surface area contributed by atoms with E-state index in [1.807, 2.05) is 0 Å². The topological polar surface area (TPSA) is 67.4 Å². The van der Waals surface area contributed by atoms with Crippen molar-refractivity contribution in [3.05, 3.63) is 87.8 Å². The van der Waals surface area contributed by atoms with E-state index in [1.165, 1.54) is 49.6 Å². The molecule has 3 aromatic carbocycles. The smallest absolute Gasteiger partial charge is 0.267 e. The molecule has 1 aromatic heterocycles. The zero-order valence-corrected chi connectivity index (χ0v) is 18.1. The largest absolute Gasteiger partial charge is 0.495 e. The number of nitrogens with one attached hydrogen (secondary N) is 2. The van der Waals surface area contributed by atoms with Crippen LogP contribution in [0, 0.1) is 11.6 Å². The van der Waals surface area contributed by atoms with Gasteiger partial charge in [0.15, 0.2) is 0 Å². The van der Waals surface area contributed by atoms with Gasteiger partial charge in [0, 0.05) is 21.3 Å². The molecule has 0 bridgehead atoms. The van der Waals surface area contributed by atoms with E-state index in [-0.39, 0.29) is 21.2 Å². The summed E-state index contributed by atoms with van der Waals surface area (Å²) >= 11 is 7.39. The van der Waals surface area contributed by atoms with Crippen LogP contribution in [0.25, 0.3) is 10.1 Å². The van der Waals surface area contributed by atoms with E-state index in [1.54, 1.807) is 12.1 Å². The molecule has 0 aliphatic rings. The molecule has 0 atom stereocenters. The molecule has 2 N–H and O–H groups in total. The van der Waals surface area contributed by atoms with Crippen LogP contribution in [0.1, 0.15) is 20.0 Å². The quantitative estimate of drug-likeness (QED) is 0.356. The van der Waals surface area contributed by atoms with Crippen LogP contribution in [0.2, 0.25) is 5.02 Å². The standard InChI is InChI=1S/C23H15ClF2N2O3S/c1-31-18-8-6-15(11-17(18)28-22(29)12-3-2-4-13(25)9-12)27-23(30)21-20(24)16-7-5-14(26)10-19(16)32-21/h2-11H,1H3,(H,27,30)(H,28,29). The molecule has 0 fully saturated rings. The molecule has 162 valence electrons.